The Kier molecular flexibility index (Phi) is 9.46. The summed E-state index contributed by atoms with van der Waals surface area (Å²) in [5.41, 5.74) is 13.7. The molecule has 1 saturated heterocycles. The number of anilines is 1. The highest BCUT2D eigenvalue weighted by Crippen LogP contribution is 2.30. The van der Waals surface area contributed by atoms with Crippen molar-refractivity contribution in [1.82, 2.24) is 14.6 Å². The van der Waals surface area contributed by atoms with E-state index < -0.39 is 34.0 Å². The second-order valence-electron chi connectivity index (χ2n) is 9.78. The number of hydrogen-bond acceptors (Lipinski definition) is 6. The number of aromatic nitrogens is 1. The lowest BCUT2D eigenvalue weighted by molar-refractivity contribution is -0.133. The molecule has 41 heavy (non-hydrogen) atoms. The Morgan fingerprint density at radius 3 is 2.32 bits per heavy atom. The number of carbonyl (C=O) groups excluding carboxylic acids is 2. The molecule has 1 aromatic heterocycles. The van der Waals surface area contributed by atoms with Crippen molar-refractivity contribution >= 4 is 27.5 Å². The van der Waals surface area contributed by atoms with E-state index >= 15 is 0 Å². The maximum Gasteiger partial charge on any atom is 0.269 e. The van der Waals surface area contributed by atoms with Gasteiger partial charge in [-0.3, -0.25) is 14.6 Å². The zero-order chi connectivity index (χ0) is 29.6. The number of primary amides is 1. The van der Waals surface area contributed by atoms with Gasteiger partial charge in [0.15, 0.2) is 0 Å². The summed E-state index contributed by atoms with van der Waals surface area (Å²) in [5, 5.41) is 0. The fourth-order valence-electron chi connectivity index (χ4n) is 4.83. The topological polar surface area (TPSA) is 148 Å². The predicted molar refractivity (Wildman–Crippen MR) is 151 cm³/mol. The summed E-state index contributed by atoms with van der Waals surface area (Å²) in [7, 11) is -4.36. The van der Waals surface area contributed by atoms with E-state index in [1.165, 1.54) is 17.2 Å². The molecule has 2 amide bonds. The van der Waals surface area contributed by atoms with Crippen molar-refractivity contribution in [2.45, 2.75) is 43.0 Å². The van der Waals surface area contributed by atoms with Gasteiger partial charge in [0.05, 0.1) is 23.2 Å². The summed E-state index contributed by atoms with van der Waals surface area (Å²) in [5.74, 6) is -1.25. The zero-order valence-corrected chi connectivity index (χ0v) is 23.0. The number of rotatable bonds is 10. The second-order valence-corrected chi connectivity index (χ2v) is 11.5. The zero-order valence-electron chi connectivity index (χ0n) is 22.2. The number of piperidine rings is 1. The Morgan fingerprint density at radius 1 is 1.00 bits per heavy atom. The number of amides is 2. The Morgan fingerprint density at radius 2 is 1.71 bits per heavy atom. The molecule has 12 heteroatoms. The van der Waals surface area contributed by atoms with Crippen LogP contribution in [0.4, 0.5) is 14.5 Å². The number of likely N-dealkylation sites (tertiary alicyclic amines) is 1. The van der Waals surface area contributed by atoms with Gasteiger partial charge in [-0.25, -0.2) is 8.42 Å². The minimum Gasteiger partial charge on any atom is -0.397 e. The smallest absolute Gasteiger partial charge is 0.269 e. The lowest BCUT2D eigenvalue weighted by Gasteiger charge is -2.31. The minimum atomic E-state index is -4.36. The molecule has 0 spiro atoms. The van der Waals surface area contributed by atoms with E-state index in [0.717, 1.165) is 0 Å². The van der Waals surface area contributed by atoms with Gasteiger partial charge in [-0.1, -0.05) is 42.5 Å². The molecular weight excluding hydrogens is 552 g/mol. The number of nitrogens with zero attached hydrogens (tertiary/aromatic N) is 2. The van der Waals surface area contributed by atoms with Gasteiger partial charge in [-0.15, -0.1) is 0 Å². The Bertz CT molecular complexity index is 1530. The normalized spacial score (nSPS) is 14.5. The van der Waals surface area contributed by atoms with E-state index in [-0.39, 0.29) is 61.2 Å². The Labute approximate surface area is 237 Å². The molecule has 4 rings (SSSR count). The molecule has 5 N–H and O–H groups in total. The SMILES string of the molecule is NC(=O)Cc1c(-c2ccccc2)cccc1S(=O)(=O)NC(CCc1ccc(N)cn1)C(=O)N1CCC(=C(F)F)CC1. The molecule has 1 unspecified atom stereocenters. The van der Waals surface area contributed by atoms with Crippen molar-refractivity contribution in [2.24, 2.45) is 5.73 Å². The molecule has 1 fully saturated rings. The number of nitrogen functional groups attached to an aromatic ring is 1. The summed E-state index contributed by atoms with van der Waals surface area (Å²) in [6, 6.07) is 15.7. The number of nitrogens with one attached hydrogen (secondary N) is 1. The molecule has 216 valence electrons. The molecule has 2 heterocycles. The predicted octanol–water partition coefficient (Wildman–Crippen LogP) is 3.41. The van der Waals surface area contributed by atoms with Gasteiger partial charge in [0.2, 0.25) is 21.8 Å². The molecule has 0 saturated carbocycles. The van der Waals surface area contributed by atoms with E-state index in [1.54, 1.807) is 48.5 Å². The Balaban J connectivity index is 1.67. The average Bonchev–Trinajstić information content (AvgIpc) is 2.96. The number of benzene rings is 2. The standard InChI is InChI=1S/C29H31F2N5O4S/c30-28(31)20-13-15-36(16-14-20)29(38)25(12-11-22-10-9-21(32)18-34-22)35-41(39,40)26-8-4-7-23(24(26)17-27(33)37)19-5-2-1-3-6-19/h1-10,18,25,35H,11-17,32H2,(H2,33,37). The molecule has 1 aliphatic heterocycles. The molecule has 1 aliphatic rings. The molecule has 0 aliphatic carbocycles. The van der Waals surface area contributed by atoms with E-state index in [1.807, 2.05) is 6.07 Å². The number of nitrogens with two attached hydrogens (primary N) is 2. The highest BCUT2D eigenvalue weighted by molar-refractivity contribution is 7.89. The lowest BCUT2D eigenvalue weighted by atomic mass is 9.97. The number of hydrogen-bond donors (Lipinski definition) is 3. The van der Waals surface area contributed by atoms with E-state index in [2.05, 4.69) is 9.71 Å². The van der Waals surface area contributed by atoms with Crippen LogP contribution in [0.15, 0.2) is 83.4 Å². The third kappa shape index (κ3) is 7.53. The van der Waals surface area contributed by atoms with Crippen molar-refractivity contribution in [3.63, 3.8) is 0 Å². The number of sulfonamides is 1. The van der Waals surface area contributed by atoms with Gasteiger partial charge in [0, 0.05) is 18.8 Å². The van der Waals surface area contributed by atoms with Crippen LogP contribution in [0, 0.1) is 0 Å². The van der Waals surface area contributed by atoms with E-state index in [4.69, 9.17) is 11.5 Å². The first-order valence-corrected chi connectivity index (χ1v) is 14.5. The number of pyridine rings is 1. The quantitative estimate of drug-likeness (QED) is 0.333. The van der Waals surface area contributed by atoms with Gasteiger partial charge < -0.3 is 16.4 Å². The summed E-state index contributed by atoms with van der Waals surface area (Å²) >= 11 is 0. The summed E-state index contributed by atoms with van der Waals surface area (Å²) in [4.78, 5) is 31.0. The van der Waals surface area contributed by atoms with Crippen molar-refractivity contribution in [2.75, 3.05) is 18.8 Å². The van der Waals surface area contributed by atoms with Gasteiger partial charge in [0.25, 0.3) is 6.08 Å². The van der Waals surface area contributed by atoms with Gasteiger partial charge in [-0.05, 0) is 66.1 Å². The van der Waals surface area contributed by atoms with Gasteiger partial charge in [0.1, 0.15) is 6.04 Å². The van der Waals surface area contributed by atoms with Crippen molar-refractivity contribution in [3.05, 3.63) is 89.8 Å². The van der Waals surface area contributed by atoms with Gasteiger partial charge >= 0.3 is 0 Å². The van der Waals surface area contributed by atoms with Crippen molar-refractivity contribution in [1.29, 1.82) is 0 Å². The first-order valence-electron chi connectivity index (χ1n) is 13.1. The number of halogens is 2. The molecule has 9 nitrogen and oxygen atoms in total. The lowest BCUT2D eigenvalue weighted by Crippen LogP contribution is -2.50. The van der Waals surface area contributed by atoms with E-state index in [0.29, 0.717) is 22.5 Å². The fraction of sp³-hybridized carbons (Fsp3) is 0.276. The van der Waals surface area contributed by atoms with Crippen LogP contribution in [0.1, 0.15) is 30.5 Å². The second kappa shape index (κ2) is 13.0. The van der Waals surface area contributed by atoms with Crippen LogP contribution in [-0.2, 0) is 32.5 Å². The highest BCUT2D eigenvalue weighted by atomic mass is 32.2. The maximum atomic E-state index is 13.8. The van der Waals surface area contributed by atoms with Crippen LogP contribution >= 0.6 is 0 Å². The molecule has 3 aromatic rings. The largest absolute Gasteiger partial charge is 0.397 e. The highest BCUT2D eigenvalue weighted by Gasteiger charge is 2.32. The average molecular weight is 584 g/mol. The molecular formula is C29H31F2N5O4S. The maximum absolute atomic E-state index is 13.8. The van der Waals surface area contributed by atoms with Crippen LogP contribution in [0.25, 0.3) is 11.1 Å². The van der Waals surface area contributed by atoms with Crippen LogP contribution in [-0.4, -0.2) is 49.2 Å². The monoisotopic (exact) mass is 583 g/mol. The number of carbonyl (C=O) groups is 2. The van der Waals surface area contributed by atoms with Crippen LogP contribution in [0.2, 0.25) is 0 Å². The molecule has 2 aromatic carbocycles. The van der Waals surface area contributed by atoms with Crippen LogP contribution < -0.4 is 16.2 Å². The third-order valence-corrected chi connectivity index (χ3v) is 8.49. The summed E-state index contributed by atoms with van der Waals surface area (Å²) in [6.07, 6.45) is -0.310. The molecule has 1 atom stereocenters. The van der Waals surface area contributed by atoms with Crippen molar-refractivity contribution in [3.8, 4) is 11.1 Å². The third-order valence-electron chi connectivity index (χ3n) is 6.94. The number of aryl methyl sites for hydroxylation is 1. The molecule has 0 bridgehead atoms. The molecule has 0 radical (unpaired) electrons. The van der Waals surface area contributed by atoms with Crippen LogP contribution in [0.5, 0.6) is 0 Å². The van der Waals surface area contributed by atoms with Crippen molar-refractivity contribution < 1.29 is 26.8 Å². The minimum absolute atomic E-state index is 0.00826. The van der Waals surface area contributed by atoms with Crippen LogP contribution in [0.3, 0.4) is 0 Å². The first kappa shape index (κ1) is 29.8. The summed E-state index contributed by atoms with van der Waals surface area (Å²) in [6.45, 7) is 0.0839. The van der Waals surface area contributed by atoms with E-state index in [9.17, 15) is 26.8 Å². The Hall–Kier alpha value is -4.16. The first-order chi connectivity index (χ1) is 19.5. The van der Waals surface area contributed by atoms with Gasteiger partial charge in [-0.2, -0.15) is 13.5 Å². The summed E-state index contributed by atoms with van der Waals surface area (Å²) < 4.78 is 56.4. The fourth-order valence-corrected chi connectivity index (χ4v) is 6.31.